The molecule has 0 unspecified atom stereocenters. The molecule has 10 heteroatoms. The Balaban J connectivity index is 1.73. The van der Waals surface area contributed by atoms with E-state index in [9.17, 15) is 14.9 Å². The van der Waals surface area contributed by atoms with Crippen LogP contribution in [0.4, 0.5) is 11.5 Å². The van der Waals surface area contributed by atoms with E-state index in [0.717, 1.165) is 24.9 Å². The van der Waals surface area contributed by atoms with Gasteiger partial charge in [0.25, 0.3) is 11.2 Å². The van der Waals surface area contributed by atoms with Gasteiger partial charge >= 0.3 is 0 Å². The second-order valence-electron chi connectivity index (χ2n) is 8.32. The van der Waals surface area contributed by atoms with Crippen molar-refractivity contribution in [3.05, 3.63) is 81.1 Å². The van der Waals surface area contributed by atoms with Crippen molar-refractivity contribution in [3.63, 3.8) is 0 Å². The van der Waals surface area contributed by atoms with Crippen LogP contribution in [0.2, 0.25) is 0 Å². The smallest absolute Gasteiger partial charge is 0.269 e. The number of nitro benzene ring substituents is 1. The number of benzene rings is 2. The van der Waals surface area contributed by atoms with E-state index in [1.54, 1.807) is 28.8 Å². The zero-order chi connectivity index (χ0) is 23.8. The Kier molecular flexibility index (Phi) is 5.42. The Bertz CT molecular complexity index is 1590. The number of pyridine rings is 1. The Morgan fingerprint density at radius 1 is 1.03 bits per heavy atom. The number of aromatic nitrogens is 4. The van der Waals surface area contributed by atoms with Crippen LogP contribution in [0.25, 0.3) is 33.3 Å². The molecule has 34 heavy (non-hydrogen) atoms. The lowest BCUT2D eigenvalue weighted by molar-refractivity contribution is -0.384. The van der Waals surface area contributed by atoms with E-state index in [-0.39, 0.29) is 11.2 Å². The molecule has 0 spiro atoms. The summed E-state index contributed by atoms with van der Waals surface area (Å²) in [7, 11) is 4.06. The summed E-state index contributed by atoms with van der Waals surface area (Å²) in [6.45, 7) is 1.70. The number of rotatable bonds is 7. The third kappa shape index (κ3) is 3.73. The first kappa shape index (κ1) is 21.5. The molecule has 5 rings (SSSR count). The van der Waals surface area contributed by atoms with Crippen molar-refractivity contribution in [2.75, 3.05) is 32.5 Å². The second-order valence-corrected chi connectivity index (χ2v) is 8.32. The molecule has 0 aliphatic rings. The lowest BCUT2D eigenvalue weighted by Gasteiger charge is -2.12. The zero-order valence-electron chi connectivity index (χ0n) is 18.8. The summed E-state index contributed by atoms with van der Waals surface area (Å²) < 4.78 is 3.17. The molecular weight excluding hydrogens is 434 g/mol. The van der Waals surface area contributed by atoms with Crippen molar-refractivity contribution in [1.82, 2.24) is 24.1 Å². The quantitative estimate of drug-likeness (QED) is 0.226. The topological polar surface area (TPSA) is 111 Å². The minimum atomic E-state index is -0.466. The highest BCUT2D eigenvalue weighted by Gasteiger charge is 2.19. The first-order valence-corrected chi connectivity index (χ1v) is 10.9. The molecule has 0 saturated carbocycles. The van der Waals surface area contributed by atoms with Gasteiger partial charge in [0, 0.05) is 29.4 Å². The maximum atomic E-state index is 13.6. The first-order chi connectivity index (χ1) is 16.4. The van der Waals surface area contributed by atoms with E-state index in [4.69, 9.17) is 10.1 Å². The Morgan fingerprint density at radius 2 is 1.76 bits per heavy atom. The van der Waals surface area contributed by atoms with E-state index in [1.807, 2.05) is 38.4 Å². The van der Waals surface area contributed by atoms with E-state index >= 15 is 0 Å². The molecule has 0 bridgehead atoms. The maximum Gasteiger partial charge on any atom is 0.269 e. The molecule has 0 saturated heterocycles. The molecule has 0 aliphatic heterocycles. The summed E-state index contributed by atoms with van der Waals surface area (Å²) in [6.07, 6.45) is 0.954. The van der Waals surface area contributed by atoms with Crippen LogP contribution in [0, 0.1) is 10.1 Å². The Labute approximate surface area is 194 Å². The van der Waals surface area contributed by atoms with E-state index < -0.39 is 4.92 Å². The van der Waals surface area contributed by atoms with Gasteiger partial charge in [0.05, 0.1) is 10.6 Å². The van der Waals surface area contributed by atoms with Crippen LogP contribution in [-0.4, -0.2) is 56.2 Å². The molecule has 1 N–H and O–H groups in total. The van der Waals surface area contributed by atoms with Gasteiger partial charge in [-0.2, -0.15) is 4.52 Å². The van der Waals surface area contributed by atoms with Crippen LogP contribution < -0.4 is 10.9 Å². The fraction of sp³-hybridized carbons (Fsp3) is 0.208. The van der Waals surface area contributed by atoms with Crippen molar-refractivity contribution in [1.29, 1.82) is 0 Å². The van der Waals surface area contributed by atoms with Crippen LogP contribution in [0.3, 0.4) is 0 Å². The molecular formula is C24H23N7O3. The van der Waals surface area contributed by atoms with Gasteiger partial charge in [0.2, 0.25) is 0 Å². The minimum absolute atomic E-state index is 0.0469. The number of imidazole rings is 1. The Hall–Kier alpha value is -4.31. The fourth-order valence-electron chi connectivity index (χ4n) is 4.06. The number of non-ortho nitro benzene ring substituents is 1. The highest BCUT2D eigenvalue weighted by molar-refractivity contribution is 6.04. The van der Waals surface area contributed by atoms with Crippen LogP contribution in [-0.2, 0) is 0 Å². The average Bonchev–Trinajstić information content (AvgIpc) is 3.21. The number of fused-ring (bicyclic) bond motifs is 5. The van der Waals surface area contributed by atoms with Crippen LogP contribution >= 0.6 is 0 Å². The van der Waals surface area contributed by atoms with Gasteiger partial charge in [0.15, 0.2) is 11.3 Å². The van der Waals surface area contributed by atoms with Crippen LogP contribution in [0.5, 0.6) is 0 Å². The number of nitrogens with zero attached hydrogens (tertiary/aromatic N) is 6. The molecule has 5 aromatic rings. The van der Waals surface area contributed by atoms with Gasteiger partial charge in [0.1, 0.15) is 11.3 Å². The first-order valence-electron chi connectivity index (χ1n) is 10.9. The van der Waals surface area contributed by atoms with Gasteiger partial charge in [-0.15, -0.1) is 5.10 Å². The summed E-state index contributed by atoms with van der Waals surface area (Å²) in [5.41, 5.74) is 1.94. The molecule has 172 valence electrons. The number of nitrogens with one attached hydrogen (secondary N) is 1. The number of hydrogen-bond donors (Lipinski definition) is 1. The van der Waals surface area contributed by atoms with Gasteiger partial charge < -0.3 is 10.2 Å². The van der Waals surface area contributed by atoms with Crippen molar-refractivity contribution < 1.29 is 4.92 Å². The molecule has 0 radical (unpaired) electrons. The van der Waals surface area contributed by atoms with E-state index in [2.05, 4.69) is 10.2 Å². The largest absolute Gasteiger partial charge is 0.369 e. The SMILES string of the molecule is CN(C)CCCNc1ccc2nc3c4ccccc4c(=O)n(-c4ccc([N+](=O)[O-])cc4)c3n2n1. The molecule has 2 aromatic carbocycles. The Morgan fingerprint density at radius 3 is 2.47 bits per heavy atom. The lowest BCUT2D eigenvalue weighted by atomic mass is 10.1. The zero-order valence-corrected chi connectivity index (χ0v) is 18.8. The van der Waals surface area contributed by atoms with E-state index in [0.29, 0.717) is 33.7 Å². The predicted molar refractivity (Wildman–Crippen MR) is 132 cm³/mol. The van der Waals surface area contributed by atoms with Crippen LogP contribution in [0.15, 0.2) is 65.5 Å². The standard InChI is InChI=1S/C24H23N7O3/c1-28(2)15-5-14-25-20-12-13-21-26-22-18-6-3-4-7-19(18)24(32)29(23(22)30(21)27-20)16-8-10-17(11-9-16)31(33)34/h3-4,6-13H,5,14-15H2,1-2H3,(H,25,27). The maximum absolute atomic E-state index is 13.6. The average molecular weight is 457 g/mol. The van der Waals surface area contributed by atoms with Crippen LogP contribution in [0.1, 0.15) is 6.42 Å². The molecule has 0 atom stereocenters. The number of nitro groups is 1. The van der Waals surface area contributed by atoms with Crippen molar-refractivity contribution in [2.45, 2.75) is 6.42 Å². The lowest BCUT2D eigenvalue weighted by Crippen LogP contribution is -2.20. The highest BCUT2D eigenvalue weighted by atomic mass is 16.6. The molecule has 3 heterocycles. The van der Waals surface area contributed by atoms with Crippen molar-refractivity contribution in [2.24, 2.45) is 0 Å². The van der Waals surface area contributed by atoms with Gasteiger partial charge in [-0.05, 0) is 57.4 Å². The second kappa shape index (κ2) is 8.56. The summed E-state index contributed by atoms with van der Waals surface area (Å²) in [4.78, 5) is 31.2. The molecule has 0 amide bonds. The van der Waals surface area contributed by atoms with Gasteiger partial charge in [-0.1, -0.05) is 18.2 Å². The summed E-state index contributed by atoms with van der Waals surface area (Å²) in [5.74, 6) is 0.668. The van der Waals surface area contributed by atoms with E-state index in [1.165, 1.54) is 16.7 Å². The normalized spacial score (nSPS) is 11.6. The molecule has 10 nitrogen and oxygen atoms in total. The third-order valence-corrected chi connectivity index (χ3v) is 5.69. The van der Waals surface area contributed by atoms with Gasteiger partial charge in [-0.25, -0.2) is 4.98 Å². The highest BCUT2D eigenvalue weighted by Crippen LogP contribution is 2.26. The van der Waals surface area contributed by atoms with Gasteiger partial charge in [-0.3, -0.25) is 19.5 Å². The summed E-state index contributed by atoms with van der Waals surface area (Å²) in [6, 6.07) is 16.9. The minimum Gasteiger partial charge on any atom is -0.369 e. The van der Waals surface area contributed by atoms with Crippen molar-refractivity contribution in [3.8, 4) is 5.69 Å². The summed E-state index contributed by atoms with van der Waals surface area (Å²) >= 11 is 0. The predicted octanol–water partition coefficient (Wildman–Crippen LogP) is 3.46. The number of hydrogen-bond acceptors (Lipinski definition) is 7. The molecule has 3 aromatic heterocycles. The third-order valence-electron chi connectivity index (χ3n) is 5.69. The summed E-state index contributed by atoms with van der Waals surface area (Å²) in [5, 5.41) is 20.4. The van der Waals surface area contributed by atoms with Crippen molar-refractivity contribution >= 4 is 39.1 Å². The monoisotopic (exact) mass is 457 g/mol. The molecule has 0 aliphatic carbocycles. The molecule has 0 fully saturated rings. The fourth-order valence-corrected chi connectivity index (χ4v) is 4.06. The number of anilines is 1.